The predicted molar refractivity (Wildman–Crippen MR) is 88.2 cm³/mol. The minimum atomic E-state index is 0.107. The monoisotopic (exact) mass is 299 g/mol. The minimum Gasteiger partial charge on any atom is -0.497 e. The van der Waals surface area contributed by atoms with Gasteiger partial charge >= 0.3 is 0 Å². The van der Waals surface area contributed by atoms with Crippen molar-refractivity contribution >= 4 is 24.2 Å². The van der Waals surface area contributed by atoms with Crippen LogP contribution in [0.3, 0.4) is 0 Å². The second-order valence-electron chi connectivity index (χ2n) is 5.11. The van der Waals surface area contributed by atoms with E-state index in [0.29, 0.717) is 13.0 Å². The smallest absolute Gasteiger partial charge is 0.228 e. The zero-order valence-corrected chi connectivity index (χ0v) is 12.7. The Labute approximate surface area is 129 Å². The average Bonchev–Trinajstić information content (AvgIpc) is 2.86. The third kappa shape index (κ3) is 2.76. The van der Waals surface area contributed by atoms with E-state index in [-0.39, 0.29) is 11.2 Å². The standard InChI is InChI=1S/C17H17NO2S/c1-20-13-6-4-5-12(9-13)15-7-2-3-8-16(15)18-11-14(21)10-17(18)19/h2-9,14,21H,10-11H2,1H3. The van der Waals surface area contributed by atoms with Crippen molar-refractivity contribution in [2.75, 3.05) is 18.6 Å². The lowest BCUT2D eigenvalue weighted by Gasteiger charge is -2.20. The third-order valence-corrected chi connectivity index (χ3v) is 4.03. The van der Waals surface area contributed by atoms with E-state index in [9.17, 15) is 4.79 Å². The van der Waals surface area contributed by atoms with E-state index in [1.54, 1.807) is 7.11 Å². The molecule has 1 heterocycles. The number of amides is 1. The Morgan fingerprint density at radius 1 is 1.19 bits per heavy atom. The van der Waals surface area contributed by atoms with Crippen molar-refractivity contribution < 1.29 is 9.53 Å². The van der Waals surface area contributed by atoms with E-state index in [2.05, 4.69) is 12.6 Å². The molecule has 1 unspecified atom stereocenters. The van der Waals surface area contributed by atoms with Crippen LogP contribution in [0, 0.1) is 0 Å². The number of para-hydroxylation sites is 1. The minimum absolute atomic E-state index is 0.107. The number of hydrogen-bond donors (Lipinski definition) is 1. The van der Waals surface area contributed by atoms with Crippen molar-refractivity contribution in [2.24, 2.45) is 0 Å². The molecule has 1 saturated heterocycles. The van der Waals surface area contributed by atoms with Gasteiger partial charge in [-0.1, -0.05) is 30.3 Å². The van der Waals surface area contributed by atoms with Gasteiger partial charge in [0.05, 0.1) is 12.8 Å². The molecule has 4 heteroatoms. The van der Waals surface area contributed by atoms with Crippen molar-refractivity contribution in [2.45, 2.75) is 11.7 Å². The second kappa shape index (κ2) is 5.82. The largest absolute Gasteiger partial charge is 0.497 e. The van der Waals surface area contributed by atoms with Gasteiger partial charge in [0.1, 0.15) is 5.75 Å². The van der Waals surface area contributed by atoms with Crippen molar-refractivity contribution in [1.29, 1.82) is 0 Å². The number of ether oxygens (including phenoxy) is 1. The summed E-state index contributed by atoms with van der Waals surface area (Å²) in [5, 5.41) is 0.107. The van der Waals surface area contributed by atoms with E-state index in [1.165, 1.54) is 0 Å². The highest BCUT2D eigenvalue weighted by Gasteiger charge is 2.29. The fourth-order valence-corrected chi connectivity index (χ4v) is 2.98. The number of anilines is 1. The Bertz CT molecular complexity index is 671. The first kappa shape index (κ1) is 14.0. The fourth-order valence-electron chi connectivity index (χ4n) is 2.67. The number of thiol groups is 1. The number of carbonyl (C=O) groups is 1. The number of rotatable bonds is 3. The molecule has 0 radical (unpaired) electrons. The normalized spacial score (nSPS) is 18.1. The Morgan fingerprint density at radius 2 is 2.00 bits per heavy atom. The number of benzene rings is 2. The molecular formula is C17H17NO2S. The quantitative estimate of drug-likeness (QED) is 0.880. The molecule has 0 saturated carbocycles. The molecule has 1 aliphatic heterocycles. The Balaban J connectivity index is 2.05. The summed E-state index contributed by atoms with van der Waals surface area (Å²) in [4.78, 5) is 14.0. The molecule has 108 valence electrons. The van der Waals surface area contributed by atoms with Crippen LogP contribution < -0.4 is 9.64 Å². The molecule has 0 bridgehead atoms. The first-order chi connectivity index (χ1) is 10.2. The first-order valence-electron chi connectivity index (χ1n) is 6.91. The zero-order chi connectivity index (χ0) is 14.8. The van der Waals surface area contributed by atoms with E-state index < -0.39 is 0 Å². The molecule has 3 nitrogen and oxygen atoms in total. The number of carbonyl (C=O) groups excluding carboxylic acids is 1. The number of hydrogen-bond acceptors (Lipinski definition) is 3. The van der Waals surface area contributed by atoms with E-state index in [0.717, 1.165) is 22.6 Å². The molecule has 0 N–H and O–H groups in total. The van der Waals surface area contributed by atoms with Gasteiger partial charge in [0, 0.05) is 23.8 Å². The summed E-state index contributed by atoms with van der Waals surface area (Å²) in [5.74, 6) is 0.937. The van der Waals surface area contributed by atoms with Gasteiger partial charge in [0.15, 0.2) is 0 Å². The molecule has 3 rings (SSSR count). The van der Waals surface area contributed by atoms with Gasteiger partial charge in [-0.3, -0.25) is 4.79 Å². The lowest BCUT2D eigenvalue weighted by Crippen LogP contribution is -2.25. The summed E-state index contributed by atoms with van der Waals surface area (Å²) in [7, 11) is 1.65. The number of nitrogens with zero attached hydrogens (tertiary/aromatic N) is 1. The molecular weight excluding hydrogens is 282 g/mol. The summed E-state index contributed by atoms with van der Waals surface area (Å²) in [5.41, 5.74) is 3.01. The van der Waals surface area contributed by atoms with Gasteiger partial charge in [-0.15, -0.1) is 0 Å². The van der Waals surface area contributed by atoms with Crippen LogP contribution in [0.5, 0.6) is 5.75 Å². The molecule has 0 aromatic heterocycles. The van der Waals surface area contributed by atoms with Crippen LogP contribution in [0.15, 0.2) is 48.5 Å². The van der Waals surface area contributed by atoms with Gasteiger partial charge in [0.25, 0.3) is 0 Å². The van der Waals surface area contributed by atoms with Crippen LogP contribution >= 0.6 is 12.6 Å². The molecule has 1 amide bonds. The van der Waals surface area contributed by atoms with Crippen LogP contribution in [0.4, 0.5) is 5.69 Å². The summed E-state index contributed by atoms with van der Waals surface area (Å²) in [6.07, 6.45) is 0.496. The zero-order valence-electron chi connectivity index (χ0n) is 11.8. The third-order valence-electron chi connectivity index (χ3n) is 3.68. The van der Waals surface area contributed by atoms with Gasteiger partial charge in [-0.05, 0) is 23.8 Å². The molecule has 0 aliphatic carbocycles. The first-order valence-corrected chi connectivity index (χ1v) is 7.42. The van der Waals surface area contributed by atoms with Gasteiger partial charge in [-0.25, -0.2) is 0 Å². The molecule has 1 atom stereocenters. The van der Waals surface area contributed by atoms with E-state index >= 15 is 0 Å². The molecule has 2 aromatic rings. The van der Waals surface area contributed by atoms with Crippen molar-refractivity contribution in [1.82, 2.24) is 0 Å². The topological polar surface area (TPSA) is 29.5 Å². The Morgan fingerprint density at radius 3 is 2.71 bits per heavy atom. The highest BCUT2D eigenvalue weighted by molar-refractivity contribution is 7.81. The molecule has 2 aromatic carbocycles. The Hall–Kier alpha value is -1.94. The summed E-state index contributed by atoms with van der Waals surface area (Å²) < 4.78 is 5.29. The maximum Gasteiger partial charge on any atom is 0.228 e. The lowest BCUT2D eigenvalue weighted by atomic mass is 10.0. The average molecular weight is 299 g/mol. The van der Waals surface area contributed by atoms with Crippen LogP contribution in [-0.2, 0) is 4.79 Å². The fraction of sp³-hybridized carbons (Fsp3) is 0.235. The second-order valence-corrected chi connectivity index (χ2v) is 5.84. The van der Waals surface area contributed by atoms with Gasteiger partial charge in [-0.2, -0.15) is 12.6 Å². The SMILES string of the molecule is COc1cccc(-c2ccccc2N2CC(S)CC2=O)c1. The van der Waals surface area contributed by atoms with Crippen LogP contribution in [0.2, 0.25) is 0 Å². The summed E-state index contributed by atoms with van der Waals surface area (Å²) in [6.45, 7) is 0.656. The molecule has 1 fully saturated rings. The van der Waals surface area contributed by atoms with E-state index in [4.69, 9.17) is 4.74 Å². The molecule has 0 spiro atoms. The Kier molecular flexibility index (Phi) is 3.88. The van der Waals surface area contributed by atoms with Crippen LogP contribution in [-0.4, -0.2) is 24.8 Å². The van der Waals surface area contributed by atoms with Crippen molar-refractivity contribution in [3.63, 3.8) is 0 Å². The molecule has 1 aliphatic rings. The van der Waals surface area contributed by atoms with E-state index in [1.807, 2.05) is 53.4 Å². The lowest BCUT2D eigenvalue weighted by molar-refractivity contribution is -0.117. The van der Waals surface area contributed by atoms with Crippen LogP contribution in [0.25, 0.3) is 11.1 Å². The van der Waals surface area contributed by atoms with Gasteiger partial charge < -0.3 is 9.64 Å². The highest BCUT2D eigenvalue weighted by Crippen LogP contribution is 2.35. The molecule has 21 heavy (non-hydrogen) atoms. The highest BCUT2D eigenvalue weighted by atomic mass is 32.1. The van der Waals surface area contributed by atoms with Crippen LogP contribution in [0.1, 0.15) is 6.42 Å². The summed E-state index contributed by atoms with van der Waals surface area (Å²) >= 11 is 4.43. The van der Waals surface area contributed by atoms with Gasteiger partial charge in [0.2, 0.25) is 5.91 Å². The number of methoxy groups -OCH3 is 1. The maximum absolute atomic E-state index is 12.1. The van der Waals surface area contributed by atoms with Crippen molar-refractivity contribution in [3.05, 3.63) is 48.5 Å². The maximum atomic E-state index is 12.1. The van der Waals surface area contributed by atoms with Crippen molar-refractivity contribution in [3.8, 4) is 16.9 Å². The predicted octanol–water partition coefficient (Wildman–Crippen LogP) is 3.40. The summed E-state index contributed by atoms with van der Waals surface area (Å²) in [6, 6.07) is 15.8.